The second kappa shape index (κ2) is 11.7. The Hall–Kier alpha value is -2.90. The summed E-state index contributed by atoms with van der Waals surface area (Å²) in [6.07, 6.45) is 3.60. The SMILES string of the molecule is [Ru+2].[c-]1ccccc1.[c-]1ccccc1.c1cnc2c(c1)ccc1cccnc12. The Kier molecular flexibility index (Phi) is 8.82. The summed E-state index contributed by atoms with van der Waals surface area (Å²) in [7, 11) is 0. The summed E-state index contributed by atoms with van der Waals surface area (Å²) in [5, 5.41) is 2.28. The van der Waals surface area contributed by atoms with Crippen molar-refractivity contribution in [2.75, 3.05) is 0 Å². The first-order valence-corrected chi connectivity index (χ1v) is 8.36. The molecular formula is C24H18N2Ru. The summed E-state index contributed by atoms with van der Waals surface area (Å²) in [4.78, 5) is 8.69. The maximum Gasteiger partial charge on any atom is 2.00 e. The minimum Gasteiger partial charge on any atom is -0.254 e. The fourth-order valence-electron chi connectivity index (χ4n) is 2.36. The van der Waals surface area contributed by atoms with E-state index >= 15 is 0 Å². The first-order chi connectivity index (χ1) is 12.9. The van der Waals surface area contributed by atoms with Gasteiger partial charge in [0.15, 0.2) is 0 Å². The largest absolute Gasteiger partial charge is 2.00 e. The van der Waals surface area contributed by atoms with Gasteiger partial charge in [0, 0.05) is 23.2 Å². The van der Waals surface area contributed by atoms with E-state index in [1.54, 1.807) is 12.4 Å². The minimum absolute atomic E-state index is 0. The Bertz CT molecular complexity index is 895. The minimum atomic E-state index is 0. The van der Waals surface area contributed by atoms with Crippen LogP contribution in [0.4, 0.5) is 0 Å². The maximum absolute atomic E-state index is 4.35. The van der Waals surface area contributed by atoms with E-state index in [1.165, 1.54) is 0 Å². The van der Waals surface area contributed by atoms with Crippen LogP contribution in [0.25, 0.3) is 21.8 Å². The molecule has 2 heterocycles. The monoisotopic (exact) mass is 436 g/mol. The van der Waals surface area contributed by atoms with Crippen molar-refractivity contribution >= 4 is 21.8 Å². The van der Waals surface area contributed by atoms with Crippen LogP contribution in [0.3, 0.4) is 0 Å². The molecule has 5 aromatic rings. The Labute approximate surface area is 172 Å². The Morgan fingerprint density at radius 2 is 0.889 bits per heavy atom. The number of hydrogen-bond donors (Lipinski definition) is 0. The van der Waals surface area contributed by atoms with Crippen molar-refractivity contribution in [2.24, 2.45) is 0 Å². The summed E-state index contributed by atoms with van der Waals surface area (Å²) in [6.45, 7) is 0. The molecule has 3 aromatic carbocycles. The Balaban J connectivity index is 0.000000168. The number of nitrogens with zero attached hydrogens (tertiary/aromatic N) is 2. The molecular weight excluding hydrogens is 417 g/mol. The van der Waals surface area contributed by atoms with Crippen molar-refractivity contribution in [1.82, 2.24) is 9.97 Å². The van der Waals surface area contributed by atoms with E-state index in [4.69, 9.17) is 0 Å². The van der Waals surface area contributed by atoms with Gasteiger partial charge in [0.25, 0.3) is 0 Å². The van der Waals surface area contributed by atoms with Crippen molar-refractivity contribution in [3.8, 4) is 0 Å². The van der Waals surface area contributed by atoms with Crippen molar-refractivity contribution in [2.45, 2.75) is 0 Å². The van der Waals surface area contributed by atoms with Gasteiger partial charge in [-0.1, -0.05) is 24.3 Å². The van der Waals surface area contributed by atoms with Crippen molar-refractivity contribution in [1.29, 1.82) is 0 Å². The maximum atomic E-state index is 4.35. The molecule has 0 unspecified atom stereocenters. The zero-order chi connectivity index (χ0) is 17.9. The quantitative estimate of drug-likeness (QED) is 0.176. The molecule has 0 aliphatic heterocycles. The van der Waals surface area contributed by atoms with E-state index in [0.717, 1.165) is 21.8 Å². The molecule has 27 heavy (non-hydrogen) atoms. The fourth-order valence-corrected chi connectivity index (χ4v) is 2.36. The molecule has 3 heteroatoms. The third-order valence-electron chi connectivity index (χ3n) is 3.56. The topological polar surface area (TPSA) is 25.8 Å². The van der Waals surface area contributed by atoms with Crippen LogP contribution >= 0.6 is 0 Å². The summed E-state index contributed by atoms with van der Waals surface area (Å²) < 4.78 is 0. The fraction of sp³-hybridized carbons (Fsp3) is 0. The van der Waals surface area contributed by atoms with Crippen molar-refractivity contribution in [3.63, 3.8) is 0 Å². The second-order valence-electron chi connectivity index (χ2n) is 5.37. The van der Waals surface area contributed by atoms with E-state index in [0.29, 0.717) is 0 Å². The molecule has 0 aliphatic carbocycles. The van der Waals surface area contributed by atoms with Gasteiger partial charge in [0.1, 0.15) is 0 Å². The molecule has 132 valence electrons. The van der Waals surface area contributed by atoms with Crippen LogP contribution in [-0.4, -0.2) is 9.97 Å². The van der Waals surface area contributed by atoms with Crippen LogP contribution in [0.5, 0.6) is 0 Å². The Morgan fingerprint density at radius 1 is 0.481 bits per heavy atom. The standard InChI is InChI=1S/C12H8N2.2C6H5.Ru/c1-3-9-5-6-10-4-2-8-14-12(10)11(9)13-7-1;2*1-2-4-6-5-3-1;/h1-8H;2*1-5H;/q;2*-1;+2. The van der Waals surface area contributed by atoms with Gasteiger partial charge >= 0.3 is 19.5 Å². The smallest absolute Gasteiger partial charge is 0.254 e. The number of fused-ring (bicyclic) bond motifs is 3. The van der Waals surface area contributed by atoms with Gasteiger partial charge in [0.2, 0.25) is 0 Å². The molecule has 0 aliphatic rings. The van der Waals surface area contributed by atoms with Crippen LogP contribution in [0.15, 0.2) is 109 Å². The van der Waals surface area contributed by atoms with Gasteiger partial charge in [-0.3, -0.25) is 9.97 Å². The number of hydrogen-bond acceptors (Lipinski definition) is 2. The first kappa shape index (κ1) is 20.4. The average molecular weight is 435 g/mol. The summed E-state index contributed by atoms with van der Waals surface area (Å²) in [5.74, 6) is 0. The predicted molar refractivity (Wildman–Crippen MR) is 108 cm³/mol. The normalized spacial score (nSPS) is 9.19. The second-order valence-corrected chi connectivity index (χ2v) is 5.37. The van der Waals surface area contributed by atoms with Crippen LogP contribution in [-0.2, 0) is 19.5 Å². The van der Waals surface area contributed by atoms with Gasteiger partial charge in [-0.25, -0.2) is 0 Å². The van der Waals surface area contributed by atoms with Gasteiger partial charge in [-0.15, -0.1) is 0 Å². The predicted octanol–water partition coefficient (Wildman–Crippen LogP) is 5.75. The van der Waals surface area contributed by atoms with Gasteiger partial charge in [-0.2, -0.15) is 72.8 Å². The van der Waals surface area contributed by atoms with E-state index in [1.807, 2.05) is 72.8 Å². The Morgan fingerprint density at radius 3 is 1.19 bits per heavy atom. The van der Waals surface area contributed by atoms with E-state index < -0.39 is 0 Å². The van der Waals surface area contributed by atoms with E-state index in [2.05, 4.69) is 46.4 Å². The molecule has 0 saturated carbocycles. The zero-order valence-corrected chi connectivity index (χ0v) is 16.4. The molecule has 0 radical (unpaired) electrons. The number of benzene rings is 3. The number of rotatable bonds is 0. The first-order valence-electron chi connectivity index (χ1n) is 8.36. The van der Waals surface area contributed by atoms with Crippen molar-refractivity contribution < 1.29 is 19.5 Å². The van der Waals surface area contributed by atoms with Gasteiger partial charge in [0.05, 0.1) is 11.0 Å². The molecule has 2 aromatic heterocycles. The summed E-state index contributed by atoms with van der Waals surface area (Å²) in [5.41, 5.74) is 1.95. The molecule has 0 fully saturated rings. The van der Waals surface area contributed by atoms with Crippen molar-refractivity contribution in [3.05, 3.63) is 122 Å². The number of aromatic nitrogens is 2. The van der Waals surface area contributed by atoms with Crippen LogP contribution in [0, 0.1) is 12.1 Å². The molecule has 0 bridgehead atoms. The van der Waals surface area contributed by atoms with Gasteiger partial charge < -0.3 is 0 Å². The van der Waals surface area contributed by atoms with E-state index in [9.17, 15) is 0 Å². The third kappa shape index (κ3) is 6.40. The van der Waals surface area contributed by atoms with Crippen LogP contribution in [0.1, 0.15) is 0 Å². The third-order valence-corrected chi connectivity index (χ3v) is 3.56. The summed E-state index contributed by atoms with van der Waals surface area (Å²) in [6, 6.07) is 37.1. The summed E-state index contributed by atoms with van der Waals surface area (Å²) >= 11 is 0. The molecule has 0 amide bonds. The molecule has 0 N–H and O–H groups in total. The van der Waals surface area contributed by atoms with Crippen LogP contribution < -0.4 is 0 Å². The molecule has 0 saturated heterocycles. The average Bonchev–Trinajstić information content (AvgIpc) is 2.77. The molecule has 0 atom stereocenters. The molecule has 2 nitrogen and oxygen atoms in total. The molecule has 0 spiro atoms. The molecule has 5 rings (SSSR count). The van der Waals surface area contributed by atoms with E-state index in [-0.39, 0.29) is 19.5 Å². The van der Waals surface area contributed by atoms with Gasteiger partial charge in [-0.05, 0) is 12.1 Å². The zero-order valence-electron chi connectivity index (χ0n) is 14.6. The van der Waals surface area contributed by atoms with Crippen LogP contribution in [0.2, 0.25) is 0 Å². The number of pyridine rings is 2.